The molecule has 0 fully saturated rings. The Hall–Kier alpha value is -2.25. The van der Waals surface area contributed by atoms with E-state index in [-0.39, 0.29) is 24.1 Å². The minimum atomic E-state index is -4.46. The second-order valence-electron chi connectivity index (χ2n) is 6.65. The third kappa shape index (κ3) is 5.42. The number of halogens is 4. The average Bonchev–Trinajstić information content (AvgIpc) is 2.71. The summed E-state index contributed by atoms with van der Waals surface area (Å²) >= 11 is 5.89. The lowest BCUT2D eigenvalue weighted by Crippen LogP contribution is -2.43. The van der Waals surface area contributed by atoms with Gasteiger partial charge in [-0.05, 0) is 35.9 Å². The highest BCUT2D eigenvalue weighted by Crippen LogP contribution is 2.39. The van der Waals surface area contributed by atoms with Gasteiger partial charge in [0.2, 0.25) is 5.91 Å². The molecule has 0 spiro atoms. The van der Waals surface area contributed by atoms with E-state index in [4.69, 9.17) is 11.6 Å². The molecule has 0 radical (unpaired) electrons. The molecule has 0 aliphatic carbocycles. The maximum absolute atomic E-state index is 13.2. The summed E-state index contributed by atoms with van der Waals surface area (Å²) in [6.45, 7) is 0. The van der Waals surface area contributed by atoms with E-state index in [9.17, 15) is 18.0 Å². The first-order chi connectivity index (χ1) is 13.8. The number of aromatic nitrogens is 1. The molecule has 1 aromatic heterocycles. The summed E-state index contributed by atoms with van der Waals surface area (Å²) in [5.74, 6) is -1.31. The highest BCUT2D eigenvalue weighted by Gasteiger charge is 2.42. The number of nitrogens with one attached hydrogen (secondary N) is 1. The van der Waals surface area contributed by atoms with Crippen molar-refractivity contribution in [2.24, 2.45) is 5.41 Å². The molecule has 29 heavy (non-hydrogen) atoms. The molecule has 1 unspecified atom stereocenters. The molecule has 3 rings (SSSR count). The lowest BCUT2D eigenvalue weighted by molar-refractivity contribution is -0.123. The molecule has 8 heteroatoms. The second-order valence-corrected chi connectivity index (χ2v) is 7.95. The molecular weight excluding hydrogens is 421 g/mol. The molecular formula is C21H18ClF3N2OS. The number of hydrogen-bond donors (Lipinski definition) is 1. The molecule has 2 aromatic carbocycles. The first-order valence-electron chi connectivity index (χ1n) is 8.79. The number of nitrogens with zero attached hydrogens (tertiary/aromatic N) is 1. The third-order valence-corrected chi connectivity index (χ3v) is 6.05. The number of thioether (sulfide) groups is 1. The van der Waals surface area contributed by atoms with Crippen LogP contribution >= 0.6 is 23.4 Å². The Morgan fingerprint density at radius 1 is 1.03 bits per heavy atom. The number of benzene rings is 2. The van der Waals surface area contributed by atoms with Crippen molar-refractivity contribution in [1.82, 2.24) is 4.98 Å². The minimum absolute atomic E-state index is 0.0877. The van der Waals surface area contributed by atoms with Crippen LogP contribution in [0.4, 0.5) is 18.9 Å². The van der Waals surface area contributed by atoms with Crippen LogP contribution in [-0.4, -0.2) is 28.0 Å². The summed E-state index contributed by atoms with van der Waals surface area (Å²) in [5, 5.41) is 3.58. The van der Waals surface area contributed by atoms with Crippen molar-refractivity contribution >= 4 is 45.9 Å². The Bertz CT molecular complexity index is 979. The summed E-state index contributed by atoms with van der Waals surface area (Å²) < 4.78 is 38.8. The Morgan fingerprint density at radius 3 is 2.45 bits per heavy atom. The number of hydrogen-bond acceptors (Lipinski definition) is 3. The van der Waals surface area contributed by atoms with Gasteiger partial charge in [0.05, 0.1) is 16.6 Å². The van der Waals surface area contributed by atoms with Crippen LogP contribution in [0, 0.1) is 5.41 Å². The summed E-state index contributed by atoms with van der Waals surface area (Å²) in [6.07, 6.45) is 1.68. The van der Waals surface area contributed by atoms with Crippen LogP contribution in [0.1, 0.15) is 5.56 Å². The highest BCUT2D eigenvalue weighted by molar-refractivity contribution is 8.00. The van der Waals surface area contributed by atoms with Crippen LogP contribution in [0.5, 0.6) is 0 Å². The summed E-state index contributed by atoms with van der Waals surface area (Å²) in [5.41, 5.74) is -4.17. The molecule has 1 heterocycles. The van der Waals surface area contributed by atoms with E-state index in [2.05, 4.69) is 10.3 Å². The van der Waals surface area contributed by atoms with Gasteiger partial charge in [-0.2, -0.15) is 13.2 Å². The molecule has 0 aliphatic heterocycles. The number of carbonyl (C=O) groups is 1. The number of pyridine rings is 1. The summed E-state index contributed by atoms with van der Waals surface area (Å²) in [4.78, 5) is 17.5. The van der Waals surface area contributed by atoms with Crippen LogP contribution < -0.4 is 5.32 Å². The Labute approximate surface area is 175 Å². The van der Waals surface area contributed by atoms with E-state index in [1.54, 1.807) is 54.7 Å². The Morgan fingerprint density at radius 2 is 1.76 bits per heavy atom. The Balaban J connectivity index is 1.94. The number of alkyl halides is 4. The molecule has 0 bridgehead atoms. The smallest absolute Gasteiger partial charge is 0.324 e. The van der Waals surface area contributed by atoms with Crippen LogP contribution in [-0.2, 0) is 11.2 Å². The fourth-order valence-electron chi connectivity index (χ4n) is 3.01. The number of para-hydroxylation sites is 1. The maximum atomic E-state index is 13.2. The molecule has 3 nitrogen and oxygen atoms in total. The predicted molar refractivity (Wildman–Crippen MR) is 112 cm³/mol. The van der Waals surface area contributed by atoms with Crippen molar-refractivity contribution in [3.05, 3.63) is 72.4 Å². The summed E-state index contributed by atoms with van der Waals surface area (Å²) in [7, 11) is 0. The zero-order chi connectivity index (χ0) is 20.9. The molecule has 0 aliphatic rings. The first-order valence-corrected chi connectivity index (χ1v) is 10.3. The van der Waals surface area contributed by atoms with Gasteiger partial charge in [-0.3, -0.25) is 9.78 Å². The van der Waals surface area contributed by atoms with Crippen molar-refractivity contribution in [3.8, 4) is 0 Å². The van der Waals surface area contributed by atoms with E-state index in [0.717, 1.165) is 10.9 Å². The van der Waals surface area contributed by atoms with E-state index in [1.165, 1.54) is 0 Å². The monoisotopic (exact) mass is 438 g/mol. The van der Waals surface area contributed by atoms with Crippen LogP contribution in [0.25, 0.3) is 10.9 Å². The molecule has 3 aromatic rings. The molecule has 1 atom stereocenters. The van der Waals surface area contributed by atoms with Gasteiger partial charge in [0.25, 0.3) is 0 Å². The zero-order valence-corrected chi connectivity index (χ0v) is 16.8. The molecule has 1 N–H and O–H groups in total. The van der Waals surface area contributed by atoms with E-state index in [0.29, 0.717) is 11.2 Å². The van der Waals surface area contributed by atoms with E-state index < -0.39 is 22.6 Å². The van der Waals surface area contributed by atoms with Crippen molar-refractivity contribution in [1.29, 1.82) is 0 Å². The standard InChI is InChI=1S/C21H18ClF3N2OS/c22-13-20(14-29-21(23,24)25,12-15-6-2-1-3-7-15)19(28)27-17-10-4-8-16-9-5-11-26-18(16)17/h1-11H,12-14H2,(H,27,28). The lowest BCUT2D eigenvalue weighted by Gasteiger charge is -2.31. The predicted octanol–water partition coefficient (Wildman–Crippen LogP) is 5.89. The number of rotatable bonds is 7. The first kappa shape index (κ1) is 21.5. The van der Waals surface area contributed by atoms with Gasteiger partial charge in [-0.15, -0.1) is 11.6 Å². The van der Waals surface area contributed by atoms with E-state index >= 15 is 0 Å². The van der Waals surface area contributed by atoms with Gasteiger partial charge >= 0.3 is 5.51 Å². The number of fused-ring (bicyclic) bond motifs is 1. The van der Waals surface area contributed by atoms with E-state index in [1.807, 2.05) is 12.1 Å². The van der Waals surface area contributed by atoms with Gasteiger partial charge in [0.15, 0.2) is 0 Å². The Kier molecular flexibility index (Phi) is 6.70. The molecule has 1 amide bonds. The maximum Gasteiger partial charge on any atom is 0.441 e. The molecule has 0 saturated heterocycles. The number of anilines is 1. The van der Waals surface area contributed by atoms with Crippen LogP contribution in [0.15, 0.2) is 66.9 Å². The fraction of sp³-hybridized carbons (Fsp3) is 0.238. The quantitative estimate of drug-likeness (QED) is 0.467. The third-order valence-electron chi connectivity index (χ3n) is 4.52. The summed E-state index contributed by atoms with van der Waals surface area (Å²) in [6, 6.07) is 17.8. The minimum Gasteiger partial charge on any atom is -0.324 e. The zero-order valence-electron chi connectivity index (χ0n) is 15.2. The lowest BCUT2D eigenvalue weighted by atomic mass is 9.84. The van der Waals surface area contributed by atoms with Gasteiger partial charge in [-0.25, -0.2) is 0 Å². The van der Waals surface area contributed by atoms with Gasteiger partial charge in [-0.1, -0.05) is 48.5 Å². The largest absolute Gasteiger partial charge is 0.441 e. The van der Waals surface area contributed by atoms with Gasteiger partial charge in [0, 0.05) is 23.2 Å². The number of carbonyl (C=O) groups excluding carboxylic acids is 1. The second kappa shape index (κ2) is 9.05. The van der Waals surface area contributed by atoms with Crippen molar-refractivity contribution in [2.75, 3.05) is 16.9 Å². The number of amides is 1. The molecule has 152 valence electrons. The van der Waals surface area contributed by atoms with Crippen LogP contribution in [0.3, 0.4) is 0 Å². The van der Waals surface area contributed by atoms with Gasteiger partial charge in [0.1, 0.15) is 0 Å². The average molecular weight is 439 g/mol. The SMILES string of the molecule is O=C(Nc1cccc2cccnc12)C(CCl)(CSC(F)(F)F)Cc1ccccc1. The topological polar surface area (TPSA) is 42.0 Å². The van der Waals surface area contributed by atoms with Gasteiger partial charge < -0.3 is 5.32 Å². The van der Waals surface area contributed by atoms with Crippen molar-refractivity contribution in [3.63, 3.8) is 0 Å². The van der Waals surface area contributed by atoms with Crippen molar-refractivity contribution in [2.45, 2.75) is 11.9 Å². The van der Waals surface area contributed by atoms with Crippen LogP contribution in [0.2, 0.25) is 0 Å². The molecule has 0 saturated carbocycles. The normalized spacial score (nSPS) is 13.8. The highest BCUT2D eigenvalue weighted by atomic mass is 35.5. The van der Waals surface area contributed by atoms with Crippen molar-refractivity contribution < 1.29 is 18.0 Å². The fourth-order valence-corrected chi connectivity index (χ4v) is 4.21.